The molecule has 0 radical (unpaired) electrons. The smallest absolute Gasteiger partial charge is 0.0811 e. The van der Waals surface area contributed by atoms with Crippen LogP contribution in [-0.2, 0) is 0 Å². The quantitative estimate of drug-likeness (QED) is 0.467. The summed E-state index contributed by atoms with van der Waals surface area (Å²) in [4.78, 5) is 3.98. The average Bonchev–Trinajstić information content (AvgIpc) is 2.17. The minimum atomic E-state index is 0.977. The first-order chi connectivity index (χ1) is 3.29. The van der Waals surface area contributed by atoms with Crippen LogP contribution in [0.25, 0.3) is 0 Å². The molecule has 0 aliphatic carbocycles. The highest BCUT2D eigenvalue weighted by atomic mass is 14.9. The van der Waals surface area contributed by atoms with Gasteiger partial charge in [0, 0.05) is 0 Å². The third-order valence-corrected chi connectivity index (χ3v) is 0.796. The van der Waals surface area contributed by atoms with Crippen LogP contribution in [0, 0.1) is 0 Å². The Morgan fingerprint density at radius 1 is 1.71 bits per heavy atom. The molecule has 0 spiro atoms. The van der Waals surface area contributed by atoms with E-state index in [0.29, 0.717) is 0 Å². The van der Waals surface area contributed by atoms with Gasteiger partial charge in [0.05, 0.1) is 12.3 Å². The Hall–Kier alpha value is -0.590. The lowest BCUT2D eigenvalue weighted by molar-refractivity contribution is 1.41. The molecule has 0 unspecified atom stereocenters. The molecule has 1 aliphatic heterocycles. The summed E-state index contributed by atoms with van der Waals surface area (Å²) in [5.41, 5.74) is 2.59. The first-order valence-corrected chi connectivity index (χ1v) is 2.47. The van der Waals surface area contributed by atoms with E-state index in [0.717, 1.165) is 6.54 Å². The van der Waals surface area contributed by atoms with Crippen LogP contribution in [0.5, 0.6) is 0 Å². The van der Waals surface area contributed by atoms with Crippen LogP contribution in [0.4, 0.5) is 0 Å². The van der Waals surface area contributed by atoms with Gasteiger partial charge in [-0.05, 0) is 19.9 Å². The van der Waals surface area contributed by atoms with Crippen molar-refractivity contribution in [3.05, 3.63) is 11.6 Å². The summed E-state index contributed by atoms with van der Waals surface area (Å²) in [7, 11) is 0. The lowest BCUT2D eigenvalue weighted by Crippen LogP contribution is -1.73. The van der Waals surface area contributed by atoms with E-state index in [9.17, 15) is 0 Å². The second-order valence-corrected chi connectivity index (χ2v) is 2.03. The normalized spacial score (nSPS) is 15.4. The molecule has 0 aromatic rings. The van der Waals surface area contributed by atoms with E-state index in [2.05, 4.69) is 24.9 Å². The second-order valence-electron chi connectivity index (χ2n) is 2.03. The highest BCUT2D eigenvalue weighted by Gasteiger charge is 2.03. The fourth-order valence-electron chi connectivity index (χ4n) is 0.470. The largest absolute Gasteiger partial charge is 0.281 e. The van der Waals surface area contributed by atoms with Crippen LogP contribution in [0.1, 0.15) is 13.8 Å². The van der Waals surface area contributed by atoms with Crippen molar-refractivity contribution in [3.8, 4) is 0 Å². The van der Waals surface area contributed by atoms with Crippen molar-refractivity contribution in [2.75, 3.05) is 6.54 Å². The van der Waals surface area contributed by atoms with Gasteiger partial charge in [-0.1, -0.05) is 5.57 Å². The zero-order valence-electron chi connectivity index (χ0n) is 4.73. The molecule has 0 amide bonds. The molecular weight excluding hydrogens is 86.1 g/mol. The lowest BCUT2D eigenvalue weighted by Gasteiger charge is -1.77. The molecule has 0 aromatic carbocycles. The summed E-state index contributed by atoms with van der Waals surface area (Å²) in [6.07, 6.45) is 2.11. The van der Waals surface area contributed by atoms with Gasteiger partial charge in [0.2, 0.25) is 0 Å². The Balaban J connectivity index is 2.45. The molecule has 7 heavy (non-hydrogen) atoms. The zero-order valence-corrected chi connectivity index (χ0v) is 4.73. The Bertz CT molecular complexity index is 127. The van der Waals surface area contributed by atoms with Crippen LogP contribution >= 0.6 is 0 Å². The molecule has 0 saturated carbocycles. The Morgan fingerprint density at radius 3 is 2.43 bits per heavy atom. The minimum Gasteiger partial charge on any atom is -0.281 e. The van der Waals surface area contributed by atoms with Crippen molar-refractivity contribution in [2.45, 2.75) is 13.8 Å². The van der Waals surface area contributed by atoms with E-state index >= 15 is 0 Å². The Labute approximate surface area is 43.8 Å². The van der Waals surface area contributed by atoms with E-state index in [1.807, 2.05) is 0 Å². The maximum atomic E-state index is 3.98. The fraction of sp³-hybridized carbons (Fsp3) is 0.500. The molecule has 0 fully saturated rings. The van der Waals surface area contributed by atoms with Gasteiger partial charge in [-0.3, -0.25) is 4.99 Å². The van der Waals surface area contributed by atoms with E-state index in [4.69, 9.17) is 0 Å². The van der Waals surface area contributed by atoms with Crippen molar-refractivity contribution >= 4 is 5.71 Å². The SMILES string of the molecule is CC(C)=CC1=NC1. The molecule has 1 rings (SSSR count). The van der Waals surface area contributed by atoms with Crippen molar-refractivity contribution in [1.29, 1.82) is 0 Å². The van der Waals surface area contributed by atoms with Crippen molar-refractivity contribution < 1.29 is 0 Å². The third-order valence-electron chi connectivity index (χ3n) is 0.796. The molecule has 1 heteroatoms. The van der Waals surface area contributed by atoms with Crippen LogP contribution in [0.3, 0.4) is 0 Å². The number of hydrogen-bond donors (Lipinski definition) is 0. The Morgan fingerprint density at radius 2 is 2.29 bits per heavy atom. The highest BCUT2D eigenvalue weighted by molar-refractivity contribution is 6.06. The maximum Gasteiger partial charge on any atom is 0.0811 e. The standard InChI is InChI=1S/C6H9N/c1-5(2)3-6-4-7-6/h3H,4H2,1-2H3. The van der Waals surface area contributed by atoms with Crippen molar-refractivity contribution in [1.82, 2.24) is 0 Å². The summed E-state index contributed by atoms with van der Waals surface area (Å²) in [5, 5.41) is 0. The summed E-state index contributed by atoms with van der Waals surface area (Å²) in [5.74, 6) is 0. The van der Waals surface area contributed by atoms with Gasteiger partial charge in [0.25, 0.3) is 0 Å². The van der Waals surface area contributed by atoms with Gasteiger partial charge in [0.15, 0.2) is 0 Å². The molecule has 1 nitrogen and oxygen atoms in total. The van der Waals surface area contributed by atoms with Crippen LogP contribution < -0.4 is 0 Å². The Kier molecular flexibility index (Phi) is 0.970. The first kappa shape index (κ1) is 4.57. The molecule has 0 N–H and O–H groups in total. The predicted molar refractivity (Wildman–Crippen MR) is 31.7 cm³/mol. The fourth-order valence-corrected chi connectivity index (χ4v) is 0.470. The van der Waals surface area contributed by atoms with Crippen molar-refractivity contribution in [2.24, 2.45) is 4.99 Å². The summed E-state index contributed by atoms with van der Waals surface area (Å²) in [6.45, 7) is 5.15. The first-order valence-electron chi connectivity index (χ1n) is 2.47. The van der Waals surface area contributed by atoms with Gasteiger partial charge < -0.3 is 0 Å². The predicted octanol–water partition coefficient (Wildman–Crippen LogP) is 1.41. The molecule has 1 heterocycles. The molecule has 0 bridgehead atoms. The van der Waals surface area contributed by atoms with Crippen LogP contribution in [0.2, 0.25) is 0 Å². The van der Waals surface area contributed by atoms with Gasteiger partial charge in [-0.2, -0.15) is 0 Å². The minimum absolute atomic E-state index is 0.977. The summed E-state index contributed by atoms with van der Waals surface area (Å²) >= 11 is 0. The molecule has 0 atom stereocenters. The summed E-state index contributed by atoms with van der Waals surface area (Å²) < 4.78 is 0. The highest BCUT2D eigenvalue weighted by Crippen LogP contribution is 2.00. The molecule has 38 valence electrons. The number of rotatable bonds is 1. The van der Waals surface area contributed by atoms with E-state index in [1.54, 1.807) is 0 Å². The summed E-state index contributed by atoms with van der Waals surface area (Å²) in [6, 6.07) is 0. The molecule has 0 aromatic heterocycles. The van der Waals surface area contributed by atoms with Crippen molar-refractivity contribution in [3.63, 3.8) is 0 Å². The maximum absolute atomic E-state index is 3.98. The van der Waals surface area contributed by atoms with Crippen LogP contribution in [-0.4, -0.2) is 12.3 Å². The topological polar surface area (TPSA) is 12.4 Å². The zero-order chi connectivity index (χ0) is 5.28. The number of nitrogens with zero attached hydrogens (tertiary/aromatic N) is 1. The van der Waals surface area contributed by atoms with Gasteiger partial charge in [0.1, 0.15) is 0 Å². The van der Waals surface area contributed by atoms with E-state index in [1.165, 1.54) is 11.3 Å². The molecular formula is C6H9N. The number of allylic oxidation sites excluding steroid dienone is 1. The molecule has 1 aliphatic rings. The van der Waals surface area contributed by atoms with Gasteiger partial charge in [-0.15, -0.1) is 0 Å². The second kappa shape index (κ2) is 1.49. The van der Waals surface area contributed by atoms with E-state index in [-0.39, 0.29) is 0 Å². The average molecular weight is 95.1 g/mol. The number of hydrogen-bond acceptors (Lipinski definition) is 1. The monoisotopic (exact) mass is 95.1 g/mol. The van der Waals surface area contributed by atoms with Gasteiger partial charge in [-0.25, -0.2) is 0 Å². The number of aliphatic imine (C=N–C) groups is 1. The van der Waals surface area contributed by atoms with E-state index < -0.39 is 0 Å². The lowest BCUT2D eigenvalue weighted by atomic mass is 10.3. The van der Waals surface area contributed by atoms with Crippen LogP contribution in [0.15, 0.2) is 16.6 Å². The molecule has 0 saturated heterocycles. The van der Waals surface area contributed by atoms with Gasteiger partial charge >= 0.3 is 0 Å². The third kappa shape index (κ3) is 1.53.